The van der Waals surface area contributed by atoms with Crippen molar-refractivity contribution in [2.75, 3.05) is 0 Å². The summed E-state index contributed by atoms with van der Waals surface area (Å²) in [5, 5.41) is 0. The van der Waals surface area contributed by atoms with Crippen LogP contribution in [0.5, 0.6) is 0 Å². The summed E-state index contributed by atoms with van der Waals surface area (Å²) in [6, 6.07) is 7.54. The van der Waals surface area contributed by atoms with Crippen LogP contribution in [0.25, 0.3) is 11.0 Å². The molecule has 3 heteroatoms. The number of carbonyl (C=O) groups is 1. The fourth-order valence-corrected chi connectivity index (χ4v) is 1.52. The second-order valence-electron chi connectivity index (χ2n) is 3.03. The van der Waals surface area contributed by atoms with Gasteiger partial charge in [0.25, 0.3) is 5.91 Å². The third kappa shape index (κ3) is 1.14. The van der Waals surface area contributed by atoms with Gasteiger partial charge < -0.3 is 0 Å². The van der Waals surface area contributed by atoms with Crippen molar-refractivity contribution in [3.8, 4) is 0 Å². The quantitative estimate of drug-likeness (QED) is 0.640. The molecule has 2 aromatic rings. The van der Waals surface area contributed by atoms with E-state index >= 15 is 0 Å². The molecule has 0 aliphatic carbocycles. The van der Waals surface area contributed by atoms with Crippen molar-refractivity contribution in [3.63, 3.8) is 0 Å². The number of imidazole rings is 1. The first kappa shape index (κ1) is 8.69. The number of fused-ring (bicyclic) bond motifs is 1. The molecule has 0 spiro atoms. The third-order valence-electron chi connectivity index (χ3n) is 2.12. The normalized spacial score (nSPS) is 10.4. The number of hydrogen-bond donors (Lipinski definition) is 0. The first-order valence-corrected chi connectivity index (χ1v) is 4.35. The van der Waals surface area contributed by atoms with Gasteiger partial charge in [0.2, 0.25) is 0 Å². The maximum atomic E-state index is 11.5. The standard InChI is InChI=1S/C11H10N2O/c1-3-11(14)13-8(2)12-9-6-4-5-7-10(9)13/h3-7H,1H2,2H3. The van der Waals surface area contributed by atoms with Crippen LogP contribution in [0.3, 0.4) is 0 Å². The molecule has 0 bridgehead atoms. The van der Waals surface area contributed by atoms with E-state index in [9.17, 15) is 4.79 Å². The van der Waals surface area contributed by atoms with Crippen LogP contribution in [0.4, 0.5) is 0 Å². The molecule has 0 N–H and O–H groups in total. The van der Waals surface area contributed by atoms with Crippen LogP contribution in [-0.2, 0) is 0 Å². The molecule has 0 unspecified atom stereocenters. The van der Waals surface area contributed by atoms with Crippen molar-refractivity contribution in [2.24, 2.45) is 0 Å². The van der Waals surface area contributed by atoms with E-state index in [1.165, 1.54) is 6.08 Å². The van der Waals surface area contributed by atoms with Gasteiger partial charge >= 0.3 is 0 Å². The molecule has 3 nitrogen and oxygen atoms in total. The number of rotatable bonds is 1. The van der Waals surface area contributed by atoms with Crippen molar-refractivity contribution < 1.29 is 4.79 Å². The second kappa shape index (κ2) is 3.10. The topological polar surface area (TPSA) is 34.9 Å². The summed E-state index contributed by atoms with van der Waals surface area (Å²) in [5.74, 6) is 0.548. The minimum absolute atomic E-state index is 0.142. The molecule has 0 aliphatic rings. The smallest absolute Gasteiger partial charge is 0.255 e. The Balaban J connectivity index is 2.80. The molecule has 0 amide bonds. The lowest BCUT2D eigenvalue weighted by Gasteiger charge is -1.99. The van der Waals surface area contributed by atoms with Gasteiger partial charge in [-0.05, 0) is 25.1 Å². The van der Waals surface area contributed by atoms with E-state index in [-0.39, 0.29) is 5.91 Å². The number of carbonyl (C=O) groups excluding carboxylic acids is 1. The molecule has 1 heterocycles. The zero-order valence-corrected chi connectivity index (χ0v) is 7.90. The van der Waals surface area contributed by atoms with Gasteiger partial charge in [-0.15, -0.1) is 0 Å². The molecule has 1 aromatic heterocycles. The zero-order chi connectivity index (χ0) is 10.1. The van der Waals surface area contributed by atoms with Crippen LogP contribution < -0.4 is 0 Å². The maximum Gasteiger partial charge on any atom is 0.255 e. The number of benzene rings is 1. The first-order valence-electron chi connectivity index (χ1n) is 4.35. The van der Waals surface area contributed by atoms with E-state index in [1.54, 1.807) is 11.5 Å². The predicted molar refractivity (Wildman–Crippen MR) is 55.3 cm³/mol. The van der Waals surface area contributed by atoms with Crippen molar-refractivity contribution >= 4 is 16.9 Å². The van der Waals surface area contributed by atoms with E-state index in [0.29, 0.717) is 5.82 Å². The summed E-state index contributed by atoms with van der Waals surface area (Å²) < 4.78 is 1.56. The Kier molecular flexibility index (Phi) is 1.93. The molecule has 2 rings (SSSR count). The lowest BCUT2D eigenvalue weighted by molar-refractivity contribution is 0.0971. The molecule has 0 saturated heterocycles. The van der Waals surface area contributed by atoms with Crippen molar-refractivity contribution in [2.45, 2.75) is 6.92 Å². The van der Waals surface area contributed by atoms with E-state index in [2.05, 4.69) is 11.6 Å². The molecule has 0 aliphatic heterocycles. The Morgan fingerprint density at radius 2 is 2.21 bits per heavy atom. The number of aryl methyl sites for hydroxylation is 1. The monoisotopic (exact) mass is 186 g/mol. The fourth-order valence-electron chi connectivity index (χ4n) is 1.52. The average Bonchev–Trinajstić information content (AvgIpc) is 2.53. The van der Waals surface area contributed by atoms with Gasteiger partial charge in [-0.3, -0.25) is 9.36 Å². The van der Waals surface area contributed by atoms with Crippen LogP contribution in [0.15, 0.2) is 36.9 Å². The van der Waals surface area contributed by atoms with Gasteiger partial charge in [0.1, 0.15) is 5.82 Å². The Morgan fingerprint density at radius 3 is 2.93 bits per heavy atom. The minimum Gasteiger partial charge on any atom is -0.269 e. The van der Waals surface area contributed by atoms with Gasteiger partial charge in [0.05, 0.1) is 11.0 Å². The summed E-state index contributed by atoms with van der Waals surface area (Å²) in [4.78, 5) is 15.8. The Labute approximate surface area is 81.7 Å². The molecule has 70 valence electrons. The van der Waals surface area contributed by atoms with E-state index in [1.807, 2.05) is 24.3 Å². The van der Waals surface area contributed by atoms with Gasteiger partial charge in [0, 0.05) is 0 Å². The van der Waals surface area contributed by atoms with Crippen LogP contribution in [0.1, 0.15) is 10.6 Å². The highest BCUT2D eigenvalue weighted by Crippen LogP contribution is 2.14. The molecule has 0 saturated carbocycles. The zero-order valence-electron chi connectivity index (χ0n) is 7.90. The summed E-state index contributed by atoms with van der Waals surface area (Å²) in [6.07, 6.45) is 1.29. The predicted octanol–water partition coefficient (Wildman–Crippen LogP) is 2.17. The summed E-state index contributed by atoms with van der Waals surface area (Å²) >= 11 is 0. The maximum absolute atomic E-state index is 11.5. The van der Waals surface area contributed by atoms with Crippen LogP contribution in [0, 0.1) is 6.92 Å². The van der Waals surface area contributed by atoms with Gasteiger partial charge in [-0.2, -0.15) is 0 Å². The molecule has 0 radical (unpaired) electrons. The SMILES string of the molecule is C=CC(=O)n1c(C)nc2ccccc21. The van der Waals surface area contributed by atoms with Gasteiger partial charge in [-0.25, -0.2) is 4.98 Å². The summed E-state index contributed by atoms with van der Waals surface area (Å²) in [5.41, 5.74) is 1.66. The average molecular weight is 186 g/mol. The van der Waals surface area contributed by atoms with Crippen LogP contribution >= 0.6 is 0 Å². The highest BCUT2D eigenvalue weighted by molar-refractivity contribution is 5.97. The van der Waals surface area contributed by atoms with Crippen molar-refractivity contribution in [3.05, 3.63) is 42.7 Å². The Bertz CT molecular complexity index is 511. The lowest BCUT2D eigenvalue weighted by atomic mass is 10.3. The number of para-hydroxylation sites is 2. The Morgan fingerprint density at radius 1 is 1.50 bits per heavy atom. The largest absolute Gasteiger partial charge is 0.269 e. The van der Waals surface area contributed by atoms with Crippen molar-refractivity contribution in [1.82, 2.24) is 9.55 Å². The summed E-state index contributed by atoms with van der Waals surface area (Å²) in [7, 11) is 0. The van der Waals surface area contributed by atoms with E-state index in [4.69, 9.17) is 0 Å². The third-order valence-corrected chi connectivity index (χ3v) is 2.12. The number of hydrogen-bond acceptors (Lipinski definition) is 2. The van der Waals surface area contributed by atoms with Crippen LogP contribution in [0.2, 0.25) is 0 Å². The number of allylic oxidation sites excluding steroid dienone is 1. The van der Waals surface area contributed by atoms with Crippen molar-refractivity contribution in [1.29, 1.82) is 0 Å². The molecular formula is C11H10N2O. The van der Waals surface area contributed by atoms with E-state index in [0.717, 1.165) is 11.0 Å². The number of aromatic nitrogens is 2. The van der Waals surface area contributed by atoms with Crippen LogP contribution in [-0.4, -0.2) is 15.5 Å². The molecule has 14 heavy (non-hydrogen) atoms. The molecule has 0 fully saturated rings. The molecular weight excluding hydrogens is 176 g/mol. The second-order valence-corrected chi connectivity index (χ2v) is 3.03. The molecule has 0 atom stereocenters. The highest BCUT2D eigenvalue weighted by atomic mass is 16.1. The summed E-state index contributed by atoms with van der Waals surface area (Å²) in [6.45, 7) is 5.27. The van der Waals surface area contributed by atoms with Gasteiger partial charge in [0.15, 0.2) is 0 Å². The Hall–Kier alpha value is -1.90. The highest BCUT2D eigenvalue weighted by Gasteiger charge is 2.09. The number of nitrogens with zero attached hydrogens (tertiary/aromatic N) is 2. The lowest BCUT2D eigenvalue weighted by Crippen LogP contribution is -2.08. The molecule has 1 aromatic carbocycles. The first-order chi connectivity index (χ1) is 6.74. The van der Waals surface area contributed by atoms with E-state index < -0.39 is 0 Å². The van der Waals surface area contributed by atoms with Gasteiger partial charge in [-0.1, -0.05) is 18.7 Å². The fraction of sp³-hybridized carbons (Fsp3) is 0.0909. The minimum atomic E-state index is -0.142.